The molecule has 0 saturated carbocycles. The Morgan fingerprint density at radius 3 is 2.83 bits per heavy atom. The molecule has 0 bridgehead atoms. The minimum absolute atomic E-state index is 0.386. The summed E-state index contributed by atoms with van der Waals surface area (Å²) >= 11 is 0. The number of benzene rings is 1. The summed E-state index contributed by atoms with van der Waals surface area (Å²) in [6.45, 7) is 5.84. The zero-order chi connectivity index (χ0) is 16.5. The molecule has 0 N–H and O–H groups in total. The van der Waals surface area contributed by atoms with Crippen LogP contribution in [0.15, 0.2) is 30.6 Å². The van der Waals surface area contributed by atoms with Crippen LogP contribution in [-0.4, -0.2) is 37.3 Å². The van der Waals surface area contributed by atoms with E-state index in [9.17, 15) is 0 Å². The number of fused-ring (bicyclic) bond motifs is 1. The van der Waals surface area contributed by atoms with Crippen molar-refractivity contribution in [2.75, 3.05) is 11.4 Å². The summed E-state index contributed by atoms with van der Waals surface area (Å²) < 4.78 is 2.03. The number of piperidine rings is 1. The molecule has 1 aliphatic heterocycles. The van der Waals surface area contributed by atoms with Gasteiger partial charge in [-0.25, -0.2) is 19.6 Å². The Kier molecular flexibility index (Phi) is 3.88. The zero-order valence-corrected chi connectivity index (χ0v) is 14.2. The first-order chi connectivity index (χ1) is 11.7. The van der Waals surface area contributed by atoms with E-state index < -0.39 is 0 Å². The largest absolute Gasteiger partial charge is 0.351 e. The van der Waals surface area contributed by atoms with Crippen molar-refractivity contribution in [2.45, 2.75) is 45.7 Å². The molecule has 0 radical (unpaired) electrons. The van der Waals surface area contributed by atoms with Crippen molar-refractivity contribution >= 4 is 16.7 Å². The summed E-state index contributed by atoms with van der Waals surface area (Å²) in [7, 11) is 0. The number of aromatic nitrogens is 5. The van der Waals surface area contributed by atoms with Crippen molar-refractivity contribution in [2.24, 2.45) is 0 Å². The van der Waals surface area contributed by atoms with Crippen LogP contribution in [0.5, 0.6) is 0 Å². The van der Waals surface area contributed by atoms with Crippen LogP contribution in [0.25, 0.3) is 10.9 Å². The Morgan fingerprint density at radius 1 is 1.12 bits per heavy atom. The van der Waals surface area contributed by atoms with Gasteiger partial charge in [0.1, 0.15) is 23.8 Å². The van der Waals surface area contributed by atoms with E-state index in [1.165, 1.54) is 12.8 Å². The quantitative estimate of drug-likeness (QED) is 0.742. The summed E-state index contributed by atoms with van der Waals surface area (Å²) in [5, 5.41) is 5.66. The lowest BCUT2D eigenvalue weighted by Crippen LogP contribution is -2.43. The molecule has 3 heterocycles. The van der Waals surface area contributed by atoms with E-state index in [0.29, 0.717) is 6.04 Å². The maximum absolute atomic E-state index is 4.62. The highest BCUT2D eigenvalue weighted by atomic mass is 15.4. The number of aryl methyl sites for hydroxylation is 2. The van der Waals surface area contributed by atoms with E-state index in [1.807, 2.05) is 30.7 Å². The molecule has 1 atom stereocenters. The second-order valence-electron chi connectivity index (χ2n) is 6.45. The molecule has 0 aliphatic carbocycles. The van der Waals surface area contributed by atoms with Gasteiger partial charge in [0.25, 0.3) is 0 Å². The van der Waals surface area contributed by atoms with Gasteiger partial charge < -0.3 is 4.90 Å². The van der Waals surface area contributed by atoms with Crippen LogP contribution >= 0.6 is 0 Å². The number of hydrogen-bond donors (Lipinski definition) is 0. The minimum Gasteiger partial charge on any atom is -0.351 e. The number of anilines is 1. The average molecular weight is 322 g/mol. The summed E-state index contributed by atoms with van der Waals surface area (Å²) in [4.78, 5) is 15.9. The highest BCUT2D eigenvalue weighted by Crippen LogP contribution is 2.29. The summed E-state index contributed by atoms with van der Waals surface area (Å²) in [5.74, 6) is 2.85. The van der Waals surface area contributed by atoms with E-state index in [-0.39, 0.29) is 0 Å². The first-order valence-corrected chi connectivity index (χ1v) is 8.57. The molecule has 1 aromatic carbocycles. The lowest BCUT2D eigenvalue weighted by atomic mass is 10.0. The van der Waals surface area contributed by atoms with Crippen molar-refractivity contribution in [1.29, 1.82) is 0 Å². The van der Waals surface area contributed by atoms with Crippen molar-refractivity contribution in [3.05, 3.63) is 42.2 Å². The lowest BCUT2D eigenvalue weighted by molar-refractivity contribution is 0.392. The molecular weight excluding hydrogens is 300 g/mol. The maximum Gasteiger partial charge on any atom is 0.147 e. The lowest BCUT2D eigenvalue weighted by Gasteiger charge is -2.37. The molecule has 3 aromatic rings. The fourth-order valence-electron chi connectivity index (χ4n) is 3.62. The zero-order valence-electron chi connectivity index (χ0n) is 14.2. The van der Waals surface area contributed by atoms with Crippen LogP contribution in [0.3, 0.4) is 0 Å². The highest BCUT2D eigenvalue weighted by Gasteiger charge is 2.26. The third kappa shape index (κ3) is 2.72. The van der Waals surface area contributed by atoms with Crippen molar-refractivity contribution in [3.63, 3.8) is 0 Å². The first kappa shape index (κ1) is 15.1. The predicted molar refractivity (Wildman–Crippen MR) is 94.0 cm³/mol. The van der Waals surface area contributed by atoms with Crippen LogP contribution in [0.1, 0.15) is 30.9 Å². The van der Waals surface area contributed by atoms with E-state index in [1.54, 1.807) is 6.33 Å². The normalized spacial score (nSPS) is 18.2. The summed E-state index contributed by atoms with van der Waals surface area (Å²) in [6, 6.07) is 8.62. The molecule has 0 spiro atoms. The van der Waals surface area contributed by atoms with Gasteiger partial charge in [-0.3, -0.25) is 0 Å². The van der Waals surface area contributed by atoms with Gasteiger partial charge in [-0.05, 0) is 45.2 Å². The van der Waals surface area contributed by atoms with Gasteiger partial charge in [-0.2, -0.15) is 5.10 Å². The minimum atomic E-state index is 0.386. The maximum atomic E-state index is 4.62. The molecule has 2 aromatic heterocycles. The van der Waals surface area contributed by atoms with E-state index >= 15 is 0 Å². The second kappa shape index (κ2) is 6.19. The molecule has 24 heavy (non-hydrogen) atoms. The van der Waals surface area contributed by atoms with Crippen molar-refractivity contribution in [1.82, 2.24) is 24.7 Å². The fraction of sp³-hybridized carbons (Fsp3) is 0.444. The fourth-order valence-corrected chi connectivity index (χ4v) is 3.62. The third-order valence-electron chi connectivity index (χ3n) is 4.77. The van der Waals surface area contributed by atoms with Gasteiger partial charge in [0.05, 0.1) is 18.1 Å². The molecule has 0 amide bonds. The number of para-hydroxylation sites is 1. The predicted octanol–water partition coefficient (Wildman–Crippen LogP) is 2.90. The van der Waals surface area contributed by atoms with Crippen LogP contribution in [-0.2, 0) is 6.54 Å². The highest BCUT2D eigenvalue weighted by molar-refractivity contribution is 5.89. The van der Waals surface area contributed by atoms with E-state index in [0.717, 1.165) is 47.9 Å². The average Bonchev–Trinajstić information content (AvgIpc) is 2.92. The Bertz CT molecular complexity index is 850. The monoisotopic (exact) mass is 322 g/mol. The topological polar surface area (TPSA) is 59.7 Å². The van der Waals surface area contributed by atoms with Gasteiger partial charge >= 0.3 is 0 Å². The Hall–Kier alpha value is -2.50. The Morgan fingerprint density at radius 2 is 2.00 bits per heavy atom. The molecule has 1 saturated heterocycles. The van der Waals surface area contributed by atoms with Gasteiger partial charge in [0.2, 0.25) is 0 Å². The molecule has 6 nitrogen and oxygen atoms in total. The summed E-state index contributed by atoms with van der Waals surface area (Å²) in [5.41, 5.74) is 1.000. The van der Waals surface area contributed by atoms with Gasteiger partial charge in [-0.1, -0.05) is 12.1 Å². The number of nitrogens with zero attached hydrogens (tertiary/aromatic N) is 6. The smallest absolute Gasteiger partial charge is 0.147 e. The van der Waals surface area contributed by atoms with Gasteiger partial charge in [-0.15, -0.1) is 0 Å². The summed E-state index contributed by atoms with van der Waals surface area (Å²) in [6.07, 6.45) is 5.27. The van der Waals surface area contributed by atoms with Crippen LogP contribution in [0.4, 0.5) is 5.82 Å². The SMILES string of the molecule is Cc1nc(C)n(CC2CCCCN2c2ncnc3ccccc23)n1. The second-order valence-corrected chi connectivity index (χ2v) is 6.45. The molecular formula is C18H22N6. The third-order valence-corrected chi connectivity index (χ3v) is 4.77. The van der Waals surface area contributed by atoms with Crippen LogP contribution < -0.4 is 4.90 Å². The van der Waals surface area contributed by atoms with Crippen molar-refractivity contribution < 1.29 is 0 Å². The number of hydrogen-bond acceptors (Lipinski definition) is 5. The molecule has 1 unspecified atom stereocenters. The molecule has 6 heteroatoms. The van der Waals surface area contributed by atoms with Gasteiger partial charge in [0.15, 0.2) is 0 Å². The Balaban J connectivity index is 1.70. The molecule has 1 aliphatic rings. The van der Waals surface area contributed by atoms with Crippen LogP contribution in [0.2, 0.25) is 0 Å². The molecule has 1 fully saturated rings. The first-order valence-electron chi connectivity index (χ1n) is 8.57. The molecule has 124 valence electrons. The van der Waals surface area contributed by atoms with Crippen molar-refractivity contribution in [3.8, 4) is 0 Å². The van der Waals surface area contributed by atoms with E-state index in [2.05, 4.69) is 37.1 Å². The Labute approximate surface area is 141 Å². The number of rotatable bonds is 3. The molecule has 4 rings (SSSR count). The van der Waals surface area contributed by atoms with Gasteiger partial charge in [0, 0.05) is 11.9 Å². The van der Waals surface area contributed by atoms with E-state index in [4.69, 9.17) is 0 Å². The van der Waals surface area contributed by atoms with Crippen LogP contribution in [0, 0.1) is 13.8 Å². The standard InChI is InChI=1S/C18H22N6/c1-13-21-14(2)24(22-13)11-15-7-5-6-10-23(15)18-16-8-3-4-9-17(16)19-12-20-18/h3-4,8-9,12,15H,5-7,10-11H2,1-2H3.